The van der Waals surface area contributed by atoms with E-state index in [9.17, 15) is 10.1 Å². The Morgan fingerprint density at radius 3 is 2.72 bits per heavy atom. The van der Waals surface area contributed by atoms with Gasteiger partial charge in [0.05, 0.1) is 18.1 Å². The van der Waals surface area contributed by atoms with E-state index in [-0.39, 0.29) is 16.1 Å². The van der Waals surface area contributed by atoms with Gasteiger partial charge < -0.3 is 15.4 Å². The summed E-state index contributed by atoms with van der Waals surface area (Å²) in [6.07, 6.45) is 0. The predicted octanol–water partition coefficient (Wildman–Crippen LogP) is 1.37. The monoisotopic (exact) mass is 349 g/mol. The number of nitrogens with zero attached hydrogens (tertiary/aromatic N) is 3. The summed E-state index contributed by atoms with van der Waals surface area (Å²) in [6, 6.07) is 6.59. The number of aliphatic imine (C=N–C) groups is 1. The molecule has 2 N–H and O–H groups in total. The first kappa shape index (κ1) is 19.1. The lowest BCUT2D eigenvalue weighted by Gasteiger charge is -2.41. The van der Waals surface area contributed by atoms with Crippen LogP contribution in [0.25, 0.3) is 0 Å². The number of hydrogen-bond acceptors (Lipinski definition) is 5. The second kappa shape index (κ2) is 8.77. The molecule has 0 spiro atoms. The van der Waals surface area contributed by atoms with Crippen LogP contribution >= 0.6 is 0 Å². The highest BCUT2D eigenvalue weighted by Gasteiger charge is 2.28. The molecule has 138 valence electrons. The minimum Gasteiger partial charge on any atom is -0.379 e. The molecule has 0 aromatic heterocycles. The average Bonchev–Trinajstić information content (AvgIpc) is 2.63. The van der Waals surface area contributed by atoms with Gasteiger partial charge in [-0.3, -0.25) is 20.0 Å². The molecule has 8 nitrogen and oxygen atoms in total. The Hall–Kier alpha value is -2.19. The first-order valence-corrected chi connectivity index (χ1v) is 8.43. The summed E-state index contributed by atoms with van der Waals surface area (Å²) in [5.74, 6) is 0.674. The van der Waals surface area contributed by atoms with Gasteiger partial charge in [-0.05, 0) is 19.4 Å². The molecule has 0 atom stereocenters. The third-order valence-corrected chi connectivity index (χ3v) is 4.36. The van der Waals surface area contributed by atoms with Crippen LogP contribution < -0.4 is 10.6 Å². The van der Waals surface area contributed by atoms with E-state index in [0.29, 0.717) is 12.5 Å². The summed E-state index contributed by atoms with van der Waals surface area (Å²) < 4.78 is 5.41. The molecule has 1 aromatic rings. The van der Waals surface area contributed by atoms with Gasteiger partial charge >= 0.3 is 0 Å². The van der Waals surface area contributed by atoms with Crippen LogP contribution in [0.15, 0.2) is 29.3 Å². The van der Waals surface area contributed by atoms with Crippen molar-refractivity contribution in [3.8, 4) is 0 Å². The number of nitro benzene ring substituents is 1. The Bertz CT molecular complexity index is 612. The Kier molecular flexibility index (Phi) is 6.72. The number of nitrogens with one attached hydrogen (secondary N) is 2. The van der Waals surface area contributed by atoms with Gasteiger partial charge in [-0.2, -0.15) is 0 Å². The molecule has 0 saturated carbocycles. The smallest absolute Gasteiger partial charge is 0.269 e. The van der Waals surface area contributed by atoms with Gasteiger partial charge in [-0.1, -0.05) is 12.1 Å². The van der Waals surface area contributed by atoms with Crippen molar-refractivity contribution >= 4 is 11.6 Å². The fraction of sp³-hybridized carbons (Fsp3) is 0.588. The molecule has 0 amide bonds. The van der Waals surface area contributed by atoms with Gasteiger partial charge in [0, 0.05) is 50.9 Å². The number of guanidine groups is 1. The van der Waals surface area contributed by atoms with Crippen LogP contribution in [0.2, 0.25) is 0 Å². The number of benzene rings is 1. The molecule has 0 radical (unpaired) electrons. The summed E-state index contributed by atoms with van der Waals surface area (Å²) in [7, 11) is 1.71. The van der Waals surface area contributed by atoms with Crippen LogP contribution in [0, 0.1) is 10.1 Å². The van der Waals surface area contributed by atoms with Gasteiger partial charge in [0.1, 0.15) is 0 Å². The Morgan fingerprint density at radius 2 is 2.08 bits per heavy atom. The van der Waals surface area contributed by atoms with Crippen molar-refractivity contribution in [3.63, 3.8) is 0 Å². The van der Waals surface area contributed by atoms with Gasteiger partial charge in [-0.25, -0.2) is 0 Å². The average molecular weight is 349 g/mol. The second-order valence-corrected chi connectivity index (χ2v) is 6.62. The molecule has 1 heterocycles. The predicted molar refractivity (Wildman–Crippen MR) is 97.8 cm³/mol. The minimum atomic E-state index is -0.387. The van der Waals surface area contributed by atoms with Crippen molar-refractivity contribution < 1.29 is 9.66 Å². The maximum Gasteiger partial charge on any atom is 0.269 e. The molecular formula is C17H27N5O3. The quantitative estimate of drug-likeness (QED) is 0.349. The molecule has 1 saturated heterocycles. The first-order chi connectivity index (χ1) is 11.9. The maximum atomic E-state index is 10.8. The van der Waals surface area contributed by atoms with Gasteiger partial charge in [0.15, 0.2) is 5.96 Å². The molecule has 1 aromatic carbocycles. The number of non-ortho nitro benzene ring substituents is 1. The second-order valence-electron chi connectivity index (χ2n) is 6.62. The summed E-state index contributed by atoms with van der Waals surface area (Å²) in [5.41, 5.74) is 0.910. The molecule has 1 aliphatic rings. The largest absolute Gasteiger partial charge is 0.379 e. The van der Waals surface area contributed by atoms with Crippen molar-refractivity contribution in [3.05, 3.63) is 39.9 Å². The van der Waals surface area contributed by atoms with Gasteiger partial charge in [0.2, 0.25) is 0 Å². The third-order valence-electron chi connectivity index (χ3n) is 4.36. The fourth-order valence-electron chi connectivity index (χ4n) is 2.77. The summed E-state index contributed by atoms with van der Waals surface area (Å²) >= 11 is 0. The molecule has 0 bridgehead atoms. The lowest BCUT2D eigenvalue weighted by molar-refractivity contribution is -0.384. The number of ether oxygens (including phenoxy) is 1. The molecular weight excluding hydrogens is 322 g/mol. The highest BCUT2D eigenvalue weighted by atomic mass is 16.6. The zero-order valence-electron chi connectivity index (χ0n) is 15.1. The van der Waals surface area contributed by atoms with Crippen LogP contribution in [0.5, 0.6) is 0 Å². The van der Waals surface area contributed by atoms with E-state index in [2.05, 4.69) is 34.4 Å². The highest BCUT2D eigenvalue weighted by Crippen LogP contribution is 2.15. The molecule has 1 fully saturated rings. The standard InChI is InChI=1S/C17H27N5O3/c1-17(2,21-7-9-25-10-8-21)13-20-16(18-3)19-12-14-5-4-6-15(11-14)22(23)24/h4-6,11H,7-10,12-13H2,1-3H3,(H2,18,19,20). The summed E-state index contributed by atoms with van der Waals surface area (Å²) in [5, 5.41) is 17.4. The molecule has 25 heavy (non-hydrogen) atoms. The SMILES string of the molecule is CN=C(NCc1cccc([N+](=O)[O-])c1)NCC(C)(C)N1CCOCC1. The lowest BCUT2D eigenvalue weighted by atomic mass is 10.0. The fourth-order valence-corrected chi connectivity index (χ4v) is 2.77. The van der Waals surface area contributed by atoms with Crippen molar-refractivity contribution in [1.82, 2.24) is 15.5 Å². The molecule has 1 aliphatic heterocycles. The number of rotatable bonds is 6. The van der Waals surface area contributed by atoms with Crippen LogP contribution in [-0.2, 0) is 11.3 Å². The van der Waals surface area contributed by atoms with Crippen molar-refractivity contribution in [2.24, 2.45) is 4.99 Å². The van der Waals surface area contributed by atoms with E-state index in [4.69, 9.17) is 4.74 Å². The first-order valence-electron chi connectivity index (χ1n) is 8.43. The Balaban J connectivity index is 1.86. The maximum absolute atomic E-state index is 10.8. The Morgan fingerprint density at radius 1 is 1.36 bits per heavy atom. The Labute approximate surface area is 148 Å². The van der Waals surface area contributed by atoms with E-state index < -0.39 is 0 Å². The van der Waals surface area contributed by atoms with E-state index in [0.717, 1.165) is 38.4 Å². The van der Waals surface area contributed by atoms with Crippen LogP contribution in [0.1, 0.15) is 19.4 Å². The van der Waals surface area contributed by atoms with Crippen molar-refractivity contribution in [1.29, 1.82) is 0 Å². The van der Waals surface area contributed by atoms with E-state index in [1.54, 1.807) is 19.2 Å². The topological polar surface area (TPSA) is 92.0 Å². The van der Waals surface area contributed by atoms with Crippen LogP contribution in [-0.4, -0.2) is 61.2 Å². The molecule has 8 heteroatoms. The molecule has 0 unspecified atom stereocenters. The van der Waals surface area contributed by atoms with Gasteiger partial charge in [-0.15, -0.1) is 0 Å². The third kappa shape index (κ3) is 5.68. The lowest BCUT2D eigenvalue weighted by Crippen LogP contribution is -2.56. The van der Waals surface area contributed by atoms with Gasteiger partial charge in [0.25, 0.3) is 5.69 Å². The zero-order valence-corrected chi connectivity index (χ0v) is 15.1. The van der Waals surface area contributed by atoms with Crippen molar-refractivity contribution in [2.45, 2.75) is 25.9 Å². The van der Waals surface area contributed by atoms with Crippen LogP contribution in [0.3, 0.4) is 0 Å². The molecule has 0 aliphatic carbocycles. The minimum absolute atomic E-state index is 0.0209. The molecule has 2 rings (SSSR count). The van der Waals surface area contributed by atoms with Crippen LogP contribution in [0.4, 0.5) is 5.69 Å². The number of nitro groups is 1. The normalized spacial score (nSPS) is 16.5. The summed E-state index contributed by atoms with van der Waals surface area (Å²) in [6.45, 7) is 8.98. The number of hydrogen-bond donors (Lipinski definition) is 2. The van der Waals surface area contributed by atoms with E-state index >= 15 is 0 Å². The highest BCUT2D eigenvalue weighted by molar-refractivity contribution is 5.79. The number of morpholine rings is 1. The van der Waals surface area contributed by atoms with Crippen molar-refractivity contribution in [2.75, 3.05) is 39.9 Å². The van der Waals surface area contributed by atoms with E-state index in [1.807, 2.05) is 6.07 Å². The zero-order chi connectivity index (χ0) is 18.3. The van der Waals surface area contributed by atoms with E-state index in [1.165, 1.54) is 6.07 Å². The summed E-state index contributed by atoms with van der Waals surface area (Å²) in [4.78, 5) is 17.1.